The Labute approximate surface area is 193 Å². The molecule has 1 N–H and O–H groups in total. The van der Waals surface area contributed by atoms with Gasteiger partial charge in [-0.25, -0.2) is 0 Å². The molecule has 0 radical (unpaired) electrons. The second kappa shape index (κ2) is 8.49. The first-order valence-corrected chi connectivity index (χ1v) is 10.6. The van der Waals surface area contributed by atoms with Crippen LogP contribution >= 0.6 is 23.2 Å². The Morgan fingerprint density at radius 3 is 2.72 bits per heavy atom. The van der Waals surface area contributed by atoms with Crippen molar-refractivity contribution < 1.29 is 9.32 Å². The van der Waals surface area contributed by atoms with Crippen molar-refractivity contribution in [1.29, 1.82) is 0 Å². The minimum absolute atomic E-state index is 0.120. The fraction of sp³-hybridized carbons (Fsp3) is 0.0417. The third-order valence-electron chi connectivity index (χ3n) is 5.03. The van der Waals surface area contributed by atoms with Crippen LogP contribution in [0.25, 0.3) is 22.1 Å². The van der Waals surface area contributed by atoms with Gasteiger partial charge in [0.2, 0.25) is 0 Å². The summed E-state index contributed by atoms with van der Waals surface area (Å²) < 4.78 is 7.07. The Balaban J connectivity index is 1.30. The molecule has 0 atom stereocenters. The first-order chi connectivity index (χ1) is 15.6. The van der Waals surface area contributed by atoms with Gasteiger partial charge in [-0.2, -0.15) is 5.10 Å². The SMILES string of the molecule is O=C(Nc1ccn(Cc2cccc3ccccc23)n1)c1cc(-c2ccc(Cl)cc2Cl)on1. The molecule has 3 aromatic carbocycles. The molecule has 0 saturated carbocycles. The standard InChI is InChI=1S/C24H16Cl2N4O2/c25-17-8-9-19(20(26)12-17)22-13-21(29-32-22)24(31)27-23-10-11-30(28-23)14-16-6-3-5-15-4-1-2-7-18(15)16/h1-13H,14H2,(H,27,28,31). The number of fused-ring (bicyclic) bond motifs is 1. The van der Waals surface area contributed by atoms with Gasteiger partial charge >= 0.3 is 0 Å². The Morgan fingerprint density at radius 1 is 1.00 bits per heavy atom. The Hall–Kier alpha value is -3.61. The number of hydrogen-bond acceptors (Lipinski definition) is 4. The van der Waals surface area contributed by atoms with E-state index in [0.29, 0.717) is 33.7 Å². The van der Waals surface area contributed by atoms with Gasteiger partial charge in [-0.3, -0.25) is 9.48 Å². The van der Waals surface area contributed by atoms with E-state index in [1.54, 1.807) is 28.9 Å². The van der Waals surface area contributed by atoms with Crippen LogP contribution < -0.4 is 5.32 Å². The van der Waals surface area contributed by atoms with Crippen molar-refractivity contribution in [2.24, 2.45) is 0 Å². The summed E-state index contributed by atoms with van der Waals surface area (Å²) in [6.07, 6.45) is 1.82. The van der Waals surface area contributed by atoms with E-state index in [1.165, 1.54) is 16.8 Å². The van der Waals surface area contributed by atoms with Crippen LogP contribution in [0.1, 0.15) is 16.1 Å². The Morgan fingerprint density at radius 2 is 1.84 bits per heavy atom. The molecule has 2 heterocycles. The van der Waals surface area contributed by atoms with Crippen molar-refractivity contribution in [2.45, 2.75) is 6.54 Å². The van der Waals surface area contributed by atoms with Crippen molar-refractivity contribution in [3.63, 3.8) is 0 Å². The fourth-order valence-corrected chi connectivity index (χ4v) is 4.00. The van der Waals surface area contributed by atoms with Crippen LogP contribution in [0.15, 0.2) is 83.5 Å². The zero-order valence-electron chi connectivity index (χ0n) is 16.6. The lowest BCUT2D eigenvalue weighted by Crippen LogP contribution is -2.13. The van der Waals surface area contributed by atoms with Crippen LogP contribution in [0, 0.1) is 0 Å². The first-order valence-electron chi connectivity index (χ1n) is 9.80. The lowest BCUT2D eigenvalue weighted by Gasteiger charge is -2.06. The molecule has 0 bridgehead atoms. The minimum Gasteiger partial charge on any atom is -0.355 e. The topological polar surface area (TPSA) is 73.0 Å². The molecule has 32 heavy (non-hydrogen) atoms. The van der Waals surface area contributed by atoms with Gasteiger partial charge in [0, 0.05) is 28.9 Å². The van der Waals surface area contributed by atoms with Crippen molar-refractivity contribution >= 4 is 45.7 Å². The van der Waals surface area contributed by atoms with Crippen molar-refractivity contribution in [1.82, 2.24) is 14.9 Å². The molecule has 2 aromatic heterocycles. The number of rotatable bonds is 5. The Bertz CT molecular complexity index is 1440. The van der Waals surface area contributed by atoms with Crippen LogP contribution in [0.4, 0.5) is 5.82 Å². The second-order valence-electron chi connectivity index (χ2n) is 7.19. The number of carbonyl (C=O) groups is 1. The largest absolute Gasteiger partial charge is 0.355 e. The Kier molecular flexibility index (Phi) is 5.39. The lowest BCUT2D eigenvalue weighted by atomic mass is 10.0. The molecule has 0 aliphatic heterocycles. The molecule has 5 rings (SSSR count). The lowest BCUT2D eigenvalue weighted by molar-refractivity contribution is 0.101. The molecule has 0 saturated heterocycles. The van der Waals surface area contributed by atoms with Crippen LogP contribution in [0.5, 0.6) is 0 Å². The summed E-state index contributed by atoms with van der Waals surface area (Å²) in [5.41, 5.74) is 1.86. The highest BCUT2D eigenvalue weighted by Crippen LogP contribution is 2.30. The highest BCUT2D eigenvalue weighted by molar-refractivity contribution is 6.36. The summed E-state index contributed by atoms with van der Waals surface area (Å²) in [5, 5.41) is 14.3. The number of halogens is 2. The quantitative estimate of drug-likeness (QED) is 0.332. The molecule has 158 valence electrons. The molecule has 5 aromatic rings. The van der Waals surface area contributed by atoms with Crippen LogP contribution in [0.2, 0.25) is 10.0 Å². The van der Waals surface area contributed by atoms with E-state index in [4.69, 9.17) is 27.7 Å². The van der Waals surface area contributed by atoms with E-state index in [2.05, 4.69) is 39.8 Å². The molecule has 0 fully saturated rings. The van der Waals surface area contributed by atoms with Gasteiger partial charge in [0.1, 0.15) is 0 Å². The van der Waals surface area contributed by atoms with E-state index in [-0.39, 0.29) is 5.69 Å². The summed E-state index contributed by atoms with van der Waals surface area (Å²) in [4.78, 5) is 12.6. The highest BCUT2D eigenvalue weighted by atomic mass is 35.5. The van der Waals surface area contributed by atoms with E-state index >= 15 is 0 Å². The molecule has 0 unspecified atom stereocenters. The van der Waals surface area contributed by atoms with Crippen LogP contribution in [0.3, 0.4) is 0 Å². The summed E-state index contributed by atoms with van der Waals surface area (Å²) in [6, 6.07) is 22.6. The maximum absolute atomic E-state index is 12.6. The normalized spacial score (nSPS) is 11.1. The summed E-state index contributed by atoms with van der Waals surface area (Å²) in [7, 11) is 0. The fourth-order valence-electron chi connectivity index (χ4n) is 3.50. The van der Waals surface area contributed by atoms with E-state index in [0.717, 1.165) is 5.56 Å². The predicted octanol–water partition coefficient (Wildman–Crippen LogP) is 6.30. The van der Waals surface area contributed by atoms with Gasteiger partial charge in [0.15, 0.2) is 17.3 Å². The number of anilines is 1. The zero-order chi connectivity index (χ0) is 22.1. The molecule has 1 amide bonds. The number of benzene rings is 3. The van der Waals surface area contributed by atoms with E-state index < -0.39 is 5.91 Å². The minimum atomic E-state index is -0.430. The molecule has 0 aliphatic carbocycles. The van der Waals surface area contributed by atoms with Gasteiger partial charge in [-0.05, 0) is 34.5 Å². The molecule has 0 aliphatic rings. The average molecular weight is 463 g/mol. The van der Waals surface area contributed by atoms with Crippen molar-refractivity contribution in [3.8, 4) is 11.3 Å². The maximum Gasteiger partial charge on any atom is 0.279 e. The monoisotopic (exact) mass is 462 g/mol. The summed E-state index contributed by atoms with van der Waals surface area (Å²) in [5.74, 6) is 0.364. The van der Waals surface area contributed by atoms with Gasteiger partial charge < -0.3 is 9.84 Å². The molecular formula is C24H16Cl2N4O2. The van der Waals surface area contributed by atoms with E-state index in [1.807, 2.05) is 24.4 Å². The third-order valence-corrected chi connectivity index (χ3v) is 5.58. The van der Waals surface area contributed by atoms with Crippen LogP contribution in [-0.4, -0.2) is 20.8 Å². The summed E-state index contributed by atoms with van der Waals surface area (Å²) >= 11 is 12.1. The third kappa shape index (κ3) is 4.10. The predicted molar refractivity (Wildman–Crippen MR) is 125 cm³/mol. The van der Waals surface area contributed by atoms with Gasteiger partial charge in [0.05, 0.1) is 11.6 Å². The van der Waals surface area contributed by atoms with Gasteiger partial charge in [0.25, 0.3) is 5.91 Å². The molecule has 0 spiro atoms. The van der Waals surface area contributed by atoms with Gasteiger partial charge in [-0.15, -0.1) is 0 Å². The maximum atomic E-state index is 12.6. The smallest absolute Gasteiger partial charge is 0.279 e. The average Bonchev–Trinajstić information content (AvgIpc) is 3.44. The highest BCUT2D eigenvalue weighted by Gasteiger charge is 2.17. The number of nitrogens with one attached hydrogen (secondary N) is 1. The summed E-state index contributed by atoms with van der Waals surface area (Å²) in [6.45, 7) is 0.584. The molecular weight excluding hydrogens is 447 g/mol. The number of amides is 1. The van der Waals surface area contributed by atoms with Crippen LogP contribution in [-0.2, 0) is 6.54 Å². The van der Waals surface area contributed by atoms with E-state index in [9.17, 15) is 4.79 Å². The first kappa shape index (κ1) is 20.3. The number of hydrogen-bond donors (Lipinski definition) is 1. The molecule has 6 nitrogen and oxygen atoms in total. The number of aromatic nitrogens is 3. The second-order valence-corrected chi connectivity index (χ2v) is 8.04. The molecule has 8 heteroatoms. The number of carbonyl (C=O) groups excluding carboxylic acids is 1. The van der Waals surface area contributed by atoms with Gasteiger partial charge in [-0.1, -0.05) is 70.8 Å². The van der Waals surface area contributed by atoms with Crippen molar-refractivity contribution in [3.05, 3.63) is 100 Å². The zero-order valence-corrected chi connectivity index (χ0v) is 18.1. The number of nitrogens with zero attached hydrogens (tertiary/aromatic N) is 3. The van der Waals surface area contributed by atoms with Crippen molar-refractivity contribution in [2.75, 3.05) is 5.32 Å².